The fourth-order valence-electron chi connectivity index (χ4n) is 2.34. The molecule has 0 aromatic rings. The average molecular weight is 254 g/mol. The van der Waals surface area contributed by atoms with Crippen molar-refractivity contribution in [3.05, 3.63) is 0 Å². The van der Waals surface area contributed by atoms with E-state index in [9.17, 15) is 4.79 Å². The Hall–Kier alpha value is -0.570. The summed E-state index contributed by atoms with van der Waals surface area (Å²) < 4.78 is 0. The molecule has 18 heavy (non-hydrogen) atoms. The van der Waals surface area contributed by atoms with E-state index in [-0.39, 0.29) is 5.41 Å². The molecule has 0 spiro atoms. The number of hydrogen-bond acceptors (Lipinski definition) is 2. The third kappa shape index (κ3) is 5.38. The van der Waals surface area contributed by atoms with Crippen molar-refractivity contribution >= 4 is 5.91 Å². The first-order valence-electron chi connectivity index (χ1n) is 7.35. The lowest BCUT2D eigenvalue weighted by molar-refractivity contribution is -0.132. The molecular weight excluding hydrogens is 224 g/mol. The minimum atomic E-state index is 0.192. The summed E-state index contributed by atoms with van der Waals surface area (Å²) in [6, 6.07) is 0.539. The van der Waals surface area contributed by atoms with Crippen LogP contribution in [0.3, 0.4) is 0 Å². The van der Waals surface area contributed by atoms with Crippen LogP contribution in [0.15, 0.2) is 0 Å². The summed E-state index contributed by atoms with van der Waals surface area (Å²) in [5, 5.41) is 0. The number of hydrogen-bond donors (Lipinski definition) is 1. The van der Waals surface area contributed by atoms with E-state index in [2.05, 4.69) is 32.6 Å². The van der Waals surface area contributed by atoms with Gasteiger partial charge in [0, 0.05) is 19.0 Å². The first-order valence-corrected chi connectivity index (χ1v) is 7.35. The van der Waals surface area contributed by atoms with Crippen molar-refractivity contribution in [2.75, 3.05) is 13.1 Å². The summed E-state index contributed by atoms with van der Waals surface area (Å²) in [4.78, 5) is 14.4. The zero-order valence-corrected chi connectivity index (χ0v) is 12.5. The zero-order valence-electron chi connectivity index (χ0n) is 12.5. The van der Waals surface area contributed by atoms with E-state index < -0.39 is 0 Å². The number of nitrogens with zero attached hydrogens (tertiary/aromatic N) is 1. The van der Waals surface area contributed by atoms with Gasteiger partial charge in [0.1, 0.15) is 0 Å². The van der Waals surface area contributed by atoms with Crippen molar-refractivity contribution in [3.8, 4) is 0 Å². The third-order valence-electron chi connectivity index (χ3n) is 3.71. The Labute approximate surface area is 112 Å². The third-order valence-corrected chi connectivity index (χ3v) is 3.71. The number of carbonyl (C=O) groups is 1. The van der Waals surface area contributed by atoms with Gasteiger partial charge in [0.05, 0.1) is 0 Å². The van der Waals surface area contributed by atoms with Gasteiger partial charge >= 0.3 is 0 Å². The van der Waals surface area contributed by atoms with Crippen molar-refractivity contribution in [1.29, 1.82) is 0 Å². The molecule has 1 rings (SSSR count). The Kier molecular flexibility index (Phi) is 5.64. The molecule has 3 nitrogen and oxygen atoms in total. The molecule has 1 saturated carbocycles. The number of rotatable bonds is 8. The molecular formula is C15H30N2O. The zero-order chi connectivity index (χ0) is 13.8. The predicted molar refractivity (Wildman–Crippen MR) is 76.3 cm³/mol. The summed E-state index contributed by atoms with van der Waals surface area (Å²) in [6.45, 7) is 10.4. The highest BCUT2D eigenvalue weighted by molar-refractivity contribution is 5.76. The predicted octanol–water partition coefficient (Wildman–Crippen LogP) is 2.79. The maximum atomic E-state index is 12.3. The van der Waals surface area contributed by atoms with Crippen molar-refractivity contribution in [2.24, 2.45) is 17.1 Å². The van der Waals surface area contributed by atoms with Crippen LogP contribution in [-0.2, 0) is 4.79 Å². The van der Waals surface area contributed by atoms with E-state index in [4.69, 9.17) is 5.73 Å². The topological polar surface area (TPSA) is 46.3 Å². The van der Waals surface area contributed by atoms with Crippen LogP contribution in [0.5, 0.6) is 0 Å². The molecule has 3 heteroatoms. The maximum Gasteiger partial charge on any atom is 0.222 e. The molecule has 106 valence electrons. The van der Waals surface area contributed by atoms with E-state index in [1.54, 1.807) is 0 Å². The summed E-state index contributed by atoms with van der Waals surface area (Å²) in [6.07, 6.45) is 5.02. The Morgan fingerprint density at radius 1 is 1.33 bits per heavy atom. The van der Waals surface area contributed by atoms with E-state index in [1.165, 1.54) is 12.8 Å². The van der Waals surface area contributed by atoms with Crippen LogP contribution in [0.25, 0.3) is 0 Å². The van der Waals surface area contributed by atoms with E-state index >= 15 is 0 Å². The van der Waals surface area contributed by atoms with Crippen LogP contribution in [0, 0.1) is 11.3 Å². The summed E-state index contributed by atoms with van der Waals surface area (Å²) in [5.41, 5.74) is 5.80. The molecule has 2 N–H and O–H groups in total. The molecule has 0 radical (unpaired) electrons. The van der Waals surface area contributed by atoms with Gasteiger partial charge < -0.3 is 10.6 Å². The lowest BCUT2D eigenvalue weighted by Crippen LogP contribution is -2.36. The molecule has 0 heterocycles. The van der Waals surface area contributed by atoms with Crippen molar-refractivity contribution in [1.82, 2.24) is 4.90 Å². The first-order chi connectivity index (χ1) is 8.35. The fraction of sp³-hybridized carbons (Fsp3) is 0.933. The van der Waals surface area contributed by atoms with Gasteiger partial charge in [-0.25, -0.2) is 0 Å². The monoisotopic (exact) mass is 254 g/mol. The molecule has 0 unspecified atom stereocenters. The second-order valence-corrected chi connectivity index (χ2v) is 6.87. The van der Waals surface area contributed by atoms with Crippen molar-refractivity contribution < 1.29 is 4.79 Å². The minimum Gasteiger partial charge on any atom is -0.339 e. The largest absolute Gasteiger partial charge is 0.339 e. The summed E-state index contributed by atoms with van der Waals surface area (Å²) in [5.74, 6) is 0.905. The Balaban J connectivity index is 2.41. The van der Waals surface area contributed by atoms with Gasteiger partial charge in [-0.3, -0.25) is 4.79 Å². The molecule has 1 fully saturated rings. The quantitative estimate of drug-likeness (QED) is 0.724. The van der Waals surface area contributed by atoms with Gasteiger partial charge in [0.2, 0.25) is 5.91 Å². The maximum absolute atomic E-state index is 12.3. The van der Waals surface area contributed by atoms with Gasteiger partial charge in [-0.15, -0.1) is 0 Å². The molecule has 1 amide bonds. The van der Waals surface area contributed by atoms with Crippen LogP contribution >= 0.6 is 0 Å². The van der Waals surface area contributed by atoms with Crippen LogP contribution in [0.1, 0.15) is 59.8 Å². The van der Waals surface area contributed by atoms with Gasteiger partial charge in [0.15, 0.2) is 0 Å². The Morgan fingerprint density at radius 2 is 1.94 bits per heavy atom. The molecule has 0 aromatic heterocycles. The molecule has 0 bridgehead atoms. The van der Waals surface area contributed by atoms with Crippen LogP contribution in [0.4, 0.5) is 0 Å². The highest BCUT2D eigenvalue weighted by Gasteiger charge is 2.33. The SMILES string of the molecule is CC(C)CN(C(=O)CCC(C)(C)CCN)C1CC1. The Morgan fingerprint density at radius 3 is 2.39 bits per heavy atom. The van der Waals surface area contributed by atoms with Crippen LogP contribution < -0.4 is 5.73 Å². The molecule has 0 saturated heterocycles. The van der Waals surface area contributed by atoms with Gasteiger partial charge in [-0.2, -0.15) is 0 Å². The second kappa shape index (κ2) is 6.55. The lowest BCUT2D eigenvalue weighted by Gasteiger charge is -2.28. The van der Waals surface area contributed by atoms with Crippen molar-refractivity contribution in [3.63, 3.8) is 0 Å². The number of carbonyl (C=O) groups excluding carboxylic acids is 1. The first kappa shape index (κ1) is 15.5. The lowest BCUT2D eigenvalue weighted by atomic mass is 9.84. The van der Waals surface area contributed by atoms with E-state index in [1.807, 2.05) is 0 Å². The molecule has 1 aliphatic rings. The van der Waals surface area contributed by atoms with Crippen LogP contribution in [0.2, 0.25) is 0 Å². The molecule has 0 aromatic carbocycles. The minimum absolute atomic E-state index is 0.192. The molecule has 0 atom stereocenters. The van der Waals surface area contributed by atoms with Gasteiger partial charge in [0.25, 0.3) is 0 Å². The number of amides is 1. The second-order valence-electron chi connectivity index (χ2n) is 6.87. The van der Waals surface area contributed by atoms with E-state index in [0.29, 0.717) is 30.8 Å². The highest BCUT2D eigenvalue weighted by Crippen LogP contribution is 2.31. The normalized spacial score (nSPS) is 16.1. The summed E-state index contributed by atoms with van der Waals surface area (Å²) in [7, 11) is 0. The van der Waals surface area contributed by atoms with Crippen molar-refractivity contribution in [2.45, 2.75) is 65.8 Å². The van der Waals surface area contributed by atoms with Crippen LogP contribution in [-0.4, -0.2) is 29.9 Å². The average Bonchev–Trinajstić information content (AvgIpc) is 3.06. The van der Waals surface area contributed by atoms with E-state index in [0.717, 1.165) is 19.4 Å². The molecule has 1 aliphatic carbocycles. The molecule has 0 aliphatic heterocycles. The Bertz CT molecular complexity index is 270. The van der Waals surface area contributed by atoms with Gasteiger partial charge in [-0.05, 0) is 43.6 Å². The standard InChI is InChI=1S/C15H30N2O/c1-12(2)11-17(13-5-6-13)14(18)7-8-15(3,4)9-10-16/h12-13H,5-11,16H2,1-4H3. The van der Waals surface area contributed by atoms with Gasteiger partial charge in [-0.1, -0.05) is 27.7 Å². The fourth-order valence-corrected chi connectivity index (χ4v) is 2.34. The number of nitrogens with two attached hydrogens (primary N) is 1. The smallest absolute Gasteiger partial charge is 0.222 e. The highest BCUT2D eigenvalue weighted by atomic mass is 16.2. The summed E-state index contributed by atoms with van der Waals surface area (Å²) >= 11 is 0.